The van der Waals surface area contributed by atoms with Gasteiger partial charge in [-0.1, -0.05) is 25.4 Å². The summed E-state index contributed by atoms with van der Waals surface area (Å²) in [6.45, 7) is 3.81. The van der Waals surface area contributed by atoms with Gasteiger partial charge in [0.2, 0.25) is 0 Å². The van der Waals surface area contributed by atoms with Crippen LogP contribution in [0.4, 0.5) is 15.8 Å². The number of amides is 1. The van der Waals surface area contributed by atoms with Crippen molar-refractivity contribution in [1.29, 1.82) is 0 Å². The van der Waals surface area contributed by atoms with E-state index in [2.05, 4.69) is 15.3 Å². The number of nitrogens with two attached hydrogens (primary N) is 1. The second kappa shape index (κ2) is 6.05. The standard InChI is InChI=1S/C14H14ClFN4O/c1-7(2)13-18-6-10(17)12(20-13)14(21)19-11-4-3-8(16)5-9(11)15/h3-7H,17H2,1-2H3,(H,19,21). The maximum atomic E-state index is 13.0. The number of benzene rings is 1. The van der Waals surface area contributed by atoms with Gasteiger partial charge in [-0.2, -0.15) is 0 Å². The fourth-order valence-corrected chi connectivity index (χ4v) is 1.85. The van der Waals surface area contributed by atoms with Crippen molar-refractivity contribution in [3.05, 3.63) is 46.8 Å². The summed E-state index contributed by atoms with van der Waals surface area (Å²) in [6, 6.07) is 3.68. The number of halogens is 2. The normalized spacial score (nSPS) is 10.7. The molecule has 0 aliphatic carbocycles. The van der Waals surface area contributed by atoms with Crippen molar-refractivity contribution >= 4 is 28.9 Å². The molecule has 1 heterocycles. The van der Waals surface area contributed by atoms with Crippen LogP contribution in [0, 0.1) is 5.82 Å². The van der Waals surface area contributed by atoms with Crippen molar-refractivity contribution in [1.82, 2.24) is 9.97 Å². The second-order valence-corrected chi connectivity index (χ2v) is 5.17. The first-order valence-electron chi connectivity index (χ1n) is 6.27. The van der Waals surface area contributed by atoms with Gasteiger partial charge in [-0.25, -0.2) is 14.4 Å². The number of nitrogens with one attached hydrogen (secondary N) is 1. The Morgan fingerprint density at radius 3 is 2.76 bits per heavy atom. The summed E-state index contributed by atoms with van der Waals surface area (Å²) < 4.78 is 13.0. The SMILES string of the molecule is CC(C)c1ncc(N)c(C(=O)Nc2ccc(F)cc2Cl)n1. The molecule has 0 spiro atoms. The lowest BCUT2D eigenvalue weighted by molar-refractivity contribution is 0.102. The van der Waals surface area contributed by atoms with E-state index in [9.17, 15) is 9.18 Å². The monoisotopic (exact) mass is 308 g/mol. The van der Waals surface area contributed by atoms with E-state index in [1.807, 2.05) is 13.8 Å². The van der Waals surface area contributed by atoms with Crippen LogP contribution in [0.15, 0.2) is 24.4 Å². The van der Waals surface area contributed by atoms with Crippen LogP contribution >= 0.6 is 11.6 Å². The van der Waals surface area contributed by atoms with Gasteiger partial charge in [0, 0.05) is 5.92 Å². The largest absolute Gasteiger partial charge is 0.396 e. The maximum absolute atomic E-state index is 13.0. The first-order chi connectivity index (χ1) is 9.88. The Hall–Kier alpha value is -2.21. The first-order valence-corrected chi connectivity index (χ1v) is 6.65. The van der Waals surface area contributed by atoms with Gasteiger partial charge in [0.1, 0.15) is 11.6 Å². The highest BCUT2D eigenvalue weighted by atomic mass is 35.5. The van der Waals surface area contributed by atoms with E-state index in [0.717, 1.165) is 6.07 Å². The molecule has 2 aromatic rings. The Kier molecular flexibility index (Phi) is 4.37. The summed E-state index contributed by atoms with van der Waals surface area (Å²) in [5.74, 6) is -0.432. The second-order valence-electron chi connectivity index (χ2n) is 4.77. The first kappa shape index (κ1) is 15.2. The molecule has 5 nitrogen and oxygen atoms in total. The van der Waals surface area contributed by atoms with Crippen LogP contribution in [0.3, 0.4) is 0 Å². The van der Waals surface area contributed by atoms with Gasteiger partial charge in [0.05, 0.1) is 22.6 Å². The smallest absolute Gasteiger partial charge is 0.276 e. The molecule has 2 rings (SSSR count). The molecule has 0 fully saturated rings. The Morgan fingerprint density at radius 1 is 1.43 bits per heavy atom. The van der Waals surface area contributed by atoms with Crippen LogP contribution in [0.1, 0.15) is 36.1 Å². The molecule has 0 unspecified atom stereocenters. The van der Waals surface area contributed by atoms with Crippen LogP contribution in [0.2, 0.25) is 5.02 Å². The van der Waals surface area contributed by atoms with E-state index in [1.54, 1.807) is 0 Å². The van der Waals surface area contributed by atoms with Gasteiger partial charge in [0.15, 0.2) is 5.69 Å². The molecule has 110 valence electrons. The highest BCUT2D eigenvalue weighted by molar-refractivity contribution is 6.33. The highest BCUT2D eigenvalue weighted by Gasteiger charge is 2.16. The zero-order valence-corrected chi connectivity index (χ0v) is 12.3. The Balaban J connectivity index is 2.30. The minimum atomic E-state index is -0.523. The zero-order valence-electron chi connectivity index (χ0n) is 11.5. The zero-order chi connectivity index (χ0) is 15.6. The number of rotatable bonds is 3. The van der Waals surface area contributed by atoms with Crippen molar-refractivity contribution in [2.45, 2.75) is 19.8 Å². The maximum Gasteiger partial charge on any atom is 0.276 e. The highest BCUT2D eigenvalue weighted by Crippen LogP contribution is 2.23. The fourth-order valence-electron chi connectivity index (χ4n) is 1.64. The number of carbonyl (C=O) groups is 1. The number of hydrogen-bond acceptors (Lipinski definition) is 4. The lowest BCUT2D eigenvalue weighted by atomic mass is 10.2. The molecule has 0 atom stereocenters. The lowest BCUT2D eigenvalue weighted by Gasteiger charge is -2.10. The molecular formula is C14H14ClFN4O. The van der Waals surface area contributed by atoms with Gasteiger partial charge >= 0.3 is 0 Å². The van der Waals surface area contributed by atoms with Crippen molar-refractivity contribution < 1.29 is 9.18 Å². The molecule has 1 aromatic carbocycles. The molecule has 0 aliphatic rings. The minimum Gasteiger partial charge on any atom is -0.396 e. The Labute approximate surface area is 126 Å². The van der Waals surface area contributed by atoms with Crippen LogP contribution in [-0.2, 0) is 0 Å². The molecule has 0 radical (unpaired) electrons. The molecule has 3 N–H and O–H groups in total. The number of nitrogen functional groups attached to an aromatic ring is 1. The number of anilines is 2. The van der Waals surface area contributed by atoms with Crippen LogP contribution in [0.25, 0.3) is 0 Å². The molecule has 1 amide bonds. The average molecular weight is 309 g/mol. The van der Waals surface area contributed by atoms with Crippen LogP contribution < -0.4 is 11.1 Å². The molecular weight excluding hydrogens is 295 g/mol. The molecule has 7 heteroatoms. The third-order valence-electron chi connectivity index (χ3n) is 2.75. The Bertz CT molecular complexity index is 691. The van der Waals surface area contributed by atoms with Gasteiger partial charge in [-0.05, 0) is 18.2 Å². The predicted octanol–water partition coefficient (Wildman–Crippen LogP) is 3.23. The number of hydrogen-bond donors (Lipinski definition) is 2. The summed E-state index contributed by atoms with van der Waals surface area (Å²) in [4.78, 5) is 20.4. The van der Waals surface area contributed by atoms with Crippen molar-refractivity contribution in [2.75, 3.05) is 11.1 Å². The van der Waals surface area contributed by atoms with Crippen molar-refractivity contribution in [3.8, 4) is 0 Å². The number of nitrogens with zero attached hydrogens (tertiary/aromatic N) is 2. The molecule has 0 bridgehead atoms. The van der Waals surface area contributed by atoms with E-state index in [-0.39, 0.29) is 28.0 Å². The topological polar surface area (TPSA) is 80.9 Å². The predicted molar refractivity (Wildman–Crippen MR) is 79.9 cm³/mol. The van der Waals surface area contributed by atoms with Crippen LogP contribution in [0.5, 0.6) is 0 Å². The molecule has 0 aliphatic heterocycles. The quantitative estimate of drug-likeness (QED) is 0.912. The Morgan fingerprint density at radius 2 is 2.14 bits per heavy atom. The number of carbonyl (C=O) groups excluding carboxylic acids is 1. The van der Waals surface area contributed by atoms with E-state index < -0.39 is 11.7 Å². The summed E-state index contributed by atoms with van der Waals surface area (Å²) >= 11 is 5.86. The van der Waals surface area contributed by atoms with Gasteiger partial charge < -0.3 is 11.1 Å². The molecule has 0 saturated carbocycles. The molecule has 0 saturated heterocycles. The summed E-state index contributed by atoms with van der Waals surface area (Å²) in [6.07, 6.45) is 1.39. The number of aromatic nitrogens is 2. The van der Waals surface area contributed by atoms with Crippen molar-refractivity contribution in [2.24, 2.45) is 0 Å². The summed E-state index contributed by atoms with van der Waals surface area (Å²) in [5.41, 5.74) is 6.24. The van der Waals surface area contributed by atoms with Crippen molar-refractivity contribution in [3.63, 3.8) is 0 Å². The third-order valence-corrected chi connectivity index (χ3v) is 3.06. The lowest BCUT2D eigenvalue weighted by Crippen LogP contribution is -2.18. The summed E-state index contributed by atoms with van der Waals surface area (Å²) in [7, 11) is 0. The van der Waals surface area contributed by atoms with E-state index in [0.29, 0.717) is 5.82 Å². The molecule has 21 heavy (non-hydrogen) atoms. The van der Waals surface area contributed by atoms with E-state index in [1.165, 1.54) is 18.3 Å². The van der Waals surface area contributed by atoms with E-state index in [4.69, 9.17) is 17.3 Å². The third kappa shape index (κ3) is 3.46. The van der Waals surface area contributed by atoms with E-state index >= 15 is 0 Å². The van der Waals surface area contributed by atoms with Gasteiger partial charge in [-0.15, -0.1) is 0 Å². The average Bonchev–Trinajstić information content (AvgIpc) is 2.42. The fraction of sp³-hybridized carbons (Fsp3) is 0.214. The summed E-state index contributed by atoms with van der Waals surface area (Å²) in [5, 5.41) is 2.65. The van der Waals surface area contributed by atoms with Gasteiger partial charge in [0.25, 0.3) is 5.91 Å². The molecule has 1 aromatic heterocycles. The van der Waals surface area contributed by atoms with Gasteiger partial charge in [-0.3, -0.25) is 4.79 Å². The minimum absolute atomic E-state index is 0.0616. The van der Waals surface area contributed by atoms with Crippen LogP contribution in [-0.4, -0.2) is 15.9 Å².